The number of amides is 4. The van der Waals surface area contributed by atoms with Crippen LogP contribution in [0, 0.1) is 0 Å². The van der Waals surface area contributed by atoms with E-state index in [2.05, 4.69) is 20.6 Å². The van der Waals surface area contributed by atoms with Gasteiger partial charge in [0.2, 0.25) is 5.91 Å². The molecule has 1 aliphatic rings. The largest absolute Gasteiger partial charge is 0.480 e. The number of carbonyl (C=O) groups is 4. The molecule has 0 saturated carbocycles. The second kappa shape index (κ2) is 11.2. The van der Waals surface area contributed by atoms with Gasteiger partial charge in [0, 0.05) is 51.3 Å². The fourth-order valence-electron chi connectivity index (χ4n) is 3.46. The third-order valence-electron chi connectivity index (χ3n) is 5.35. The highest BCUT2D eigenvalue weighted by Crippen LogP contribution is 2.25. The molecule has 4 N–H and O–H groups in total. The van der Waals surface area contributed by atoms with E-state index in [0.717, 1.165) is 6.20 Å². The summed E-state index contributed by atoms with van der Waals surface area (Å²) in [7, 11) is 0. The number of H-pyrrole nitrogens is 1. The lowest BCUT2D eigenvalue weighted by atomic mass is 10.1. The first-order valence-electron chi connectivity index (χ1n) is 10.4. The number of rotatable bonds is 6. The predicted octanol–water partition coefficient (Wildman–Crippen LogP) is 1.20. The summed E-state index contributed by atoms with van der Waals surface area (Å²) in [5, 5.41) is 14.7. The Morgan fingerprint density at radius 1 is 1.11 bits per heavy atom. The van der Waals surface area contributed by atoms with Crippen molar-refractivity contribution in [3.05, 3.63) is 56.1 Å². The molecule has 12 nitrogen and oxygen atoms in total. The molecule has 0 bridgehead atoms. The molecule has 1 aromatic heterocycles. The monoisotopic (exact) mass is 524 g/mol. The molecule has 1 atom stereocenters. The van der Waals surface area contributed by atoms with Gasteiger partial charge in [-0.15, -0.1) is 0 Å². The van der Waals surface area contributed by atoms with Gasteiger partial charge in [-0.25, -0.2) is 19.4 Å². The first-order chi connectivity index (χ1) is 16.6. The van der Waals surface area contributed by atoms with Crippen molar-refractivity contribution in [1.82, 2.24) is 25.1 Å². The number of nitrogens with zero attached hydrogens (tertiary/aromatic N) is 3. The predicted molar refractivity (Wildman–Crippen MR) is 127 cm³/mol. The Morgan fingerprint density at radius 2 is 1.71 bits per heavy atom. The molecule has 2 aromatic rings. The van der Waals surface area contributed by atoms with Crippen molar-refractivity contribution in [1.29, 1.82) is 0 Å². The number of carboxylic acid groups (broad SMARTS) is 1. The van der Waals surface area contributed by atoms with Crippen LogP contribution in [-0.2, 0) is 16.0 Å². The smallest absolute Gasteiger partial charge is 0.346 e. The maximum Gasteiger partial charge on any atom is 0.346 e. The molecule has 1 aliphatic heterocycles. The van der Waals surface area contributed by atoms with E-state index in [9.17, 15) is 29.1 Å². The minimum absolute atomic E-state index is 0.0350. The summed E-state index contributed by atoms with van der Waals surface area (Å²) in [6.07, 6.45) is 0.806. The van der Waals surface area contributed by atoms with Crippen LogP contribution in [0.25, 0.3) is 0 Å². The van der Waals surface area contributed by atoms with Crippen molar-refractivity contribution in [3.8, 4) is 0 Å². The van der Waals surface area contributed by atoms with Crippen molar-refractivity contribution >= 4 is 52.8 Å². The van der Waals surface area contributed by atoms with Crippen LogP contribution >= 0.6 is 23.2 Å². The van der Waals surface area contributed by atoms with Crippen LogP contribution in [-0.4, -0.2) is 80.9 Å². The van der Waals surface area contributed by atoms with E-state index in [-0.39, 0.29) is 52.4 Å². The Hall–Kier alpha value is -3.64. The minimum atomic E-state index is -1.40. The molecule has 2 heterocycles. The number of urea groups is 1. The average molecular weight is 525 g/mol. The molecule has 0 spiro atoms. The molecule has 0 radical (unpaired) electrons. The number of carbonyl (C=O) groups excluding carboxylic acids is 3. The van der Waals surface area contributed by atoms with Crippen LogP contribution in [0.3, 0.4) is 0 Å². The maximum absolute atomic E-state index is 12.8. The summed E-state index contributed by atoms with van der Waals surface area (Å²) < 4.78 is 0. The first kappa shape index (κ1) is 26.0. The third kappa shape index (κ3) is 6.49. The molecule has 1 unspecified atom stereocenters. The molecular formula is C21H22Cl2N6O6. The molecule has 1 fully saturated rings. The average Bonchev–Trinajstić information content (AvgIpc) is 2.80. The molecule has 1 saturated heterocycles. The first-order valence-corrected chi connectivity index (χ1v) is 11.2. The van der Waals surface area contributed by atoms with Gasteiger partial charge in [-0.1, -0.05) is 29.3 Å². The summed E-state index contributed by atoms with van der Waals surface area (Å²) in [5.41, 5.74) is -0.670. The van der Waals surface area contributed by atoms with Gasteiger partial charge in [0.25, 0.3) is 5.91 Å². The van der Waals surface area contributed by atoms with E-state index in [1.165, 1.54) is 24.0 Å². The van der Waals surface area contributed by atoms with Gasteiger partial charge in [-0.2, -0.15) is 0 Å². The quantitative estimate of drug-likeness (QED) is 0.440. The number of aromatic amines is 1. The van der Waals surface area contributed by atoms with Crippen LogP contribution in [0.1, 0.15) is 22.8 Å². The Bertz CT molecular complexity index is 1190. The Morgan fingerprint density at radius 3 is 2.29 bits per heavy atom. The third-order valence-corrected chi connectivity index (χ3v) is 5.98. The van der Waals surface area contributed by atoms with Crippen LogP contribution in [0.4, 0.5) is 10.6 Å². The SMILES string of the molecule is CC(=O)N1CCN(C(=O)NC(Cc2cnc(=O)[nH]c2NC(=O)c2c(Cl)cccc2Cl)C(=O)O)CC1. The molecule has 1 aromatic carbocycles. The van der Waals surface area contributed by atoms with E-state index in [1.54, 1.807) is 11.0 Å². The number of piperazine rings is 1. The fourth-order valence-corrected chi connectivity index (χ4v) is 4.03. The van der Waals surface area contributed by atoms with Gasteiger partial charge in [0.15, 0.2) is 0 Å². The molecule has 186 valence electrons. The zero-order valence-corrected chi connectivity index (χ0v) is 20.0. The van der Waals surface area contributed by atoms with E-state index in [1.807, 2.05) is 0 Å². The van der Waals surface area contributed by atoms with Gasteiger partial charge in [0.1, 0.15) is 11.9 Å². The summed E-state index contributed by atoms with van der Waals surface area (Å²) in [4.78, 5) is 69.4. The van der Waals surface area contributed by atoms with Gasteiger partial charge < -0.3 is 25.5 Å². The zero-order valence-electron chi connectivity index (χ0n) is 18.5. The maximum atomic E-state index is 12.8. The Labute approximate surface area is 209 Å². The summed E-state index contributed by atoms with van der Waals surface area (Å²) in [6, 6.07) is 2.46. The Kier molecular flexibility index (Phi) is 8.30. The number of halogens is 2. The molecular weight excluding hydrogens is 503 g/mol. The summed E-state index contributed by atoms with van der Waals surface area (Å²) >= 11 is 12.1. The van der Waals surface area contributed by atoms with Crippen molar-refractivity contribution in [2.24, 2.45) is 0 Å². The topological polar surface area (TPSA) is 165 Å². The van der Waals surface area contributed by atoms with Crippen molar-refractivity contribution in [2.75, 3.05) is 31.5 Å². The lowest BCUT2D eigenvalue weighted by Crippen LogP contribution is -2.55. The van der Waals surface area contributed by atoms with Crippen LogP contribution in [0.5, 0.6) is 0 Å². The molecule has 35 heavy (non-hydrogen) atoms. The van der Waals surface area contributed by atoms with Gasteiger partial charge in [-0.05, 0) is 12.1 Å². The molecule has 0 aliphatic carbocycles. The fraction of sp³-hybridized carbons (Fsp3) is 0.333. The number of aliphatic carboxylic acids is 1. The second-order valence-electron chi connectivity index (χ2n) is 7.68. The molecule has 14 heteroatoms. The van der Waals surface area contributed by atoms with E-state index >= 15 is 0 Å². The highest BCUT2D eigenvalue weighted by molar-refractivity contribution is 6.40. The number of benzene rings is 1. The number of hydrogen-bond donors (Lipinski definition) is 4. The normalized spacial score (nSPS) is 14.3. The van der Waals surface area contributed by atoms with Crippen molar-refractivity contribution in [2.45, 2.75) is 19.4 Å². The number of nitrogens with one attached hydrogen (secondary N) is 3. The van der Waals surface area contributed by atoms with Gasteiger partial charge in [0.05, 0.1) is 15.6 Å². The number of hydrogen-bond acceptors (Lipinski definition) is 6. The highest BCUT2D eigenvalue weighted by Gasteiger charge is 2.28. The van der Waals surface area contributed by atoms with Gasteiger partial charge >= 0.3 is 17.7 Å². The van der Waals surface area contributed by atoms with E-state index < -0.39 is 29.6 Å². The Balaban J connectivity index is 1.76. The minimum Gasteiger partial charge on any atom is -0.480 e. The lowest BCUT2D eigenvalue weighted by Gasteiger charge is -2.34. The van der Waals surface area contributed by atoms with E-state index in [0.29, 0.717) is 13.1 Å². The van der Waals surface area contributed by atoms with E-state index in [4.69, 9.17) is 23.2 Å². The standard InChI is InChI=1S/C21H22Cl2N6O6/c1-11(30)28-5-7-29(8-6-28)21(35)25-15(19(32)33)9-12-10-24-20(34)27-17(12)26-18(31)16-13(22)3-2-4-14(16)23/h2-4,10,15H,5-9H2,1H3,(H,25,35)(H,32,33)(H2,24,26,27,31,34). The second-order valence-corrected chi connectivity index (χ2v) is 8.49. The molecule has 4 amide bonds. The highest BCUT2D eigenvalue weighted by atomic mass is 35.5. The zero-order chi connectivity index (χ0) is 25.7. The number of carboxylic acids is 1. The number of anilines is 1. The van der Waals surface area contributed by atoms with Crippen LogP contribution in [0.15, 0.2) is 29.2 Å². The van der Waals surface area contributed by atoms with Crippen LogP contribution < -0.4 is 16.3 Å². The van der Waals surface area contributed by atoms with Crippen molar-refractivity contribution in [3.63, 3.8) is 0 Å². The van der Waals surface area contributed by atoms with Crippen LogP contribution in [0.2, 0.25) is 10.0 Å². The summed E-state index contributed by atoms with van der Waals surface area (Å²) in [6.45, 7) is 2.61. The van der Waals surface area contributed by atoms with Crippen molar-refractivity contribution < 1.29 is 24.3 Å². The molecule has 3 rings (SSSR count). The number of aromatic nitrogens is 2. The van der Waals surface area contributed by atoms with Gasteiger partial charge in [-0.3, -0.25) is 14.6 Å². The summed E-state index contributed by atoms with van der Waals surface area (Å²) in [5.74, 6) is -2.28. The lowest BCUT2D eigenvalue weighted by molar-refractivity contribution is -0.139.